The second kappa shape index (κ2) is 7.00. The van der Waals surface area contributed by atoms with Crippen molar-refractivity contribution in [3.8, 4) is 0 Å². The molecule has 0 saturated heterocycles. The zero-order valence-corrected chi connectivity index (χ0v) is 18.6. The van der Waals surface area contributed by atoms with E-state index < -0.39 is 35.7 Å². The van der Waals surface area contributed by atoms with Crippen molar-refractivity contribution in [1.29, 1.82) is 0 Å². The minimum absolute atomic E-state index is 0.261. The lowest BCUT2D eigenvalue weighted by Crippen LogP contribution is -2.55. The average molecular weight is 441 g/mol. The molecule has 8 nitrogen and oxygen atoms in total. The number of nitrogens with two attached hydrogens (primary N) is 1. The molecule has 4 amide bonds. The van der Waals surface area contributed by atoms with Crippen molar-refractivity contribution in [2.45, 2.75) is 45.2 Å². The first kappa shape index (κ1) is 21.2. The van der Waals surface area contributed by atoms with E-state index in [-0.39, 0.29) is 16.7 Å². The van der Waals surface area contributed by atoms with Gasteiger partial charge >= 0.3 is 0 Å². The van der Waals surface area contributed by atoms with Crippen LogP contribution in [0.4, 0.5) is 5.00 Å². The van der Waals surface area contributed by atoms with Gasteiger partial charge in [0, 0.05) is 16.0 Å². The topological polar surface area (TPSA) is 122 Å². The third-order valence-corrected chi connectivity index (χ3v) is 6.99. The Morgan fingerprint density at radius 1 is 1.13 bits per heavy atom. The Hall–Kier alpha value is -3.04. The van der Waals surface area contributed by atoms with Gasteiger partial charge < -0.3 is 16.4 Å². The first-order valence-corrected chi connectivity index (χ1v) is 10.7. The monoisotopic (exact) mass is 440 g/mol. The number of hydrogen-bond donors (Lipinski definition) is 3. The molecule has 0 fully saturated rings. The molecule has 2 aromatic rings. The van der Waals surface area contributed by atoms with Gasteiger partial charge in [0.05, 0.1) is 16.7 Å². The van der Waals surface area contributed by atoms with E-state index in [2.05, 4.69) is 10.6 Å². The van der Waals surface area contributed by atoms with Crippen LogP contribution < -0.4 is 16.4 Å². The van der Waals surface area contributed by atoms with Gasteiger partial charge in [-0.2, -0.15) is 0 Å². The summed E-state index contributed by atoms with van der Waals surface area (Å²) >= 11 is 1.29. The Bertz CT molecular complexity index is 1110. The first-order chi connectivity index (χ1) is 14.4. The molecule has 2 aliphatic rings. The Balaban J connectivity index is 1.62. The summed E-state index contributed by atoms with van der Waals surface area (Å²) in [6.07, 6.45) is 0.578. The minimum atomic E-state index is -0.623. The molecule has 0 bridgehead atoms. The van der Waals surface area contributed by atoms with Gasteiger partial charge in [-0.15, -0.1) is 11.3 Å². The second-order valence-corrected chi connectivity index (χ2v) is 10.1. The normalized spacial score (nSPS) is 18.5. The van der Waals surface area contributed by atoms with Crippen LogP contribution in [-0.4, -0.2) is 40.6 Å². The lowest BCUT2D eigenvalue weighted by molar-refractivity contribution is -0.116. The van der Waals surface area contributed by atoms with E-state index in [9.17, 15) is 19.2 Å². The van der Waals surface area contributed by atoms with Crippen LogP contribution in [0.15, 0.2) is 24.3 Å². The number of amides is 4. The second-order valence-electron chi connectivity index (χ2n) is 9.08. The fourth-order valence-corrected chi connectivity index (χ4v) is 5.87. The van der Waals surface area contributed by atoms with E-state index >= 15 is 0 Å². The van der Waals surface area contributed by atoms with Crippen LogP contribution in [0.5, 0.6) is 0 Å². The van der Waals surface area contributed by atoms with Gasteiger partial charge in [0.2, 0.25) is 5.91 Å². The minimum Gasteiger partial charge on any atom is -0.365 e. The van der Waals surface area contributed by atoms with E-state index in [1.54, 1.807) is 24.3 Å². The summed E-state index contributed by atoms with van der Waals surface area (Å²) in [7, 11) is 0. The number of rotatable bonds is 4. The molecule has 0 spiro atoms. The molecule has 0 unspecified atom stereocenters. The van der Waals surface area contributed by atoms with Crippen LogP contribution in [0.1, 0.15) is 69.2 Å². The zero-order valence-electron chi connectivity index (χ0n) is 17.8. The number of carbonyl (C=O) groups is 4. The maximum absolute atomic E-state index is 12.8. The van der Waals surface area contributed by atoms with Gasteiger partial charge in [0.1, 0.15) is 11.5 Å². The Morgan fingerprint density at radius 3 is 2.26 bits per heavy atom. The Morgan fingerprint density at radius 2 is 1.71 bits per heavy atom. The molecule has 31 heavy (non-hydrogen) atoms. The highest BCUT2D eigenvalue weighted by Gasteiger charge is 2.42. The number of nitrogens with zero attached hydrogens (tertiary/aromatic N) is 1. The lowest BCUT2D eigenvalue weighted by Gasteiger charge is -2.42. The molecule has 9 heteroatoms. The largest absolute Gasteiger partial charge is 0.365 e. The van der Waals surface area contributed by atoms with Gasteiger partial charge in [-0.25, -0.2) is 0 Å². The van der Waals surface area contributed by atoms with Gasteiger partial charge in [0.15, 0.2) is 0 Å². The summed E-state index contributed by atoms with van der Waals surface area (Å²) < 4.78 is 0. The van der Waals surface area contributed by atoms with Crippen molar-refractivity contribution >= 4 is 40.0 Å². The van der Waals surface area contributed by atoms with Crippen molar-refractivity contribution in [3.05, 3.63) is 51.4 Å². The van der Waals surface area contributed by atoms with Gasteiger partial charge in [-0.1, -0.05) is 12.1 Å². The number of fused-ring (bicyclic) bond motifs is 2. The smallest absolute Gasteiger partial charge is 0.262 e. The van der Waals surface area contributed by atoms with E-state index in [4.69, 9.17) is 5.73 Å². The molecule has 1 aromatic heterocycles. The van der Waals surface area contributed by atoms with E-state index in [1.807, 2.05) is 27.7 Å². The summed E-state index contributed by atoms with van der Waals surface area (Å²) in [6, 6.07) is 6.45. The number of thiophene rings is 1. The maximum Gasteiger partial charge on any atom is 0.262 e. The van der Waals surface area contributed by atoms with Crippen LogP contribution in [0.3, 0.4) is 0 Å². The van der Waals surface area contributed by atoms with Crippen LogP contribution in [-0.2, 0) is 16.8 Å². The average Bonchev–Trinajstić information content (AvgIpc) is 3.12. The van der Waals surface area contributed by atoms with E-state index in [0.29, 0.717) is 17.0 Å². The molecule has 0 aliphatic carbocycles. The highest BCUT2D eigenvalue weighted by atomic mass is 32.1. The molecular formula is C22H24N4O4S. The summed E-state index contributed by atoms with van der Waals surface area (Å²) in [5, 5.41) is 6.60. The predicted molar refractivity (Wildman–Crippen MR) is 117 cm³/mol. The quantitative estimate of drug-likeness (QED) is 0.630. The maximum atomic E-state index is 12.8. The van der Waals surface area contributed by atoms with Crippen molar-refractivity contribution in [2.24, 2.45) is 5.73 Å². The number of benzene rings is 1. The molecule has 2 aliphatic heterocycles. The van der Waals surface area contributed by atoms with Crippen molar-refractivity contribution < 1.29 is 19.2 Å². The number of carbonyl (C=O) groups excluding carboxylic acids is 4. The van der Waals surface area contributed by atoms with E-state index in [1.165, 1.54) is 11.3 Å². The molecule has 0 radical (unpaired) electrons. The van der Waals surface area contributed by atoms with Crippen LogP contribution in [0.25, 0.3) is 0 Å². The molecular weight excluding hydrogens is 416 g/mol. The molecule has 4 rings (SSSR count). The summed E-state index contributed by atoms with van der Waals surface area (Å²) in [4.78, 5) is 52.0. The van der Waals surface area contributed by atoms with Crippen molar-refractivity contribution in [3.63, 3.8) is 0 Å². The SMILES string of the molecule is CC1(C)Cc2c(sc(NC(=O)CN3C(=O)c4ccccc4C3=O)c2C(N)=O)C(C)(C)N1. The van der Waals surface area contributed by atoms with Crippen molar-refractivity contribution in [2.75, 3.05) is 11.9 Å². The number of primary amides is 1. The third kappa shape index (κ3) is 3.53. The standard InChI is InChI=1S/C22H24N4O4S/c1-21(2)9-13-15(17(23)28)18(31-16(13)22(3,4)25-21)24-14(27)10-26-19(29)11-7-5-6-8-12(11)20(26)30/h5-8,25H,9-10H2,1-4H3,(H2,23,28)(H,24,27). The molecule has 3 heterocycles. The Labute approximate surface area is 183 Å². The predicted octanol–water partition coefficient (Wildman–Crippen LogP) is 2.24. The molecule has 0 atom stereocenters. The fourth-order valence-electron chi connectivity index (χ4n) is 4.57. The molecule has 1 aromatic carbocycles. The van der Waals surface area contributed by atoms with Crippen LogP contribution in [0, 0.1) is 0 Å². The lowest BCUT2D eigenvalue weighted by atomic mass is 9.81. The summed E-state index contributed by atoms with van der Waals surface area (Å²) in [5.41, 5.74) is 6.67. The Kier molecular flexibility index (Phi) is 4.79. The number of nitrogens with one attached hydrogen (secondary N) is 2. The molecule has 0 saturated carbocycles. The van der Waals surface area contributed by atoms with Gasteiger partial charge in [-0.3, -0.25) is 24.1 Å². The first-order valence-electron chi connectivity index (χ1n) is 9.91. The van der Waals surface area contributed by atoms with Gasteiger partial charge in [-0.05, 0) is 51.8 Å². The molecule has 162 valence electrons. The number of imide groups is 1. The highest BCUT2D eigenvalue weighted by molar-refractivity contribution is 7.17. The van der Waals surface area contributed by atoms with Crippen molar-refractivity contribution in [1.82, 2.24) is 10.2 Å². The number of anilines is 1. The third-order valence-electron chi connectivity index (χ3n) is 5.52. The summed E-state index contributed by atoms with van der Waals surface area (Å²) in [5.74, 6) is -2.21. The molecule has 4 N–H and O–H groups in total. The van der Waals surface area contributed by atoms with Crippen LogP contribution in [0.2, 0.25) is 0 Å². The highest BCUT2D eigenvalue weighted by Crippen LogP contribution is 2.44. The fraction of sp³-hybridized carbons (Fsp3) is 0.364. The van der Waals surface area contributed by atoms with Gasteiger partial charge in [0.25, 0.3) is 17.7 Å². The number of hydrogen-bond acceptors (Lipinski definition) is 6. The zero-order chi connectivity index (χ0) is 22.7. The van der Waals surface area contributed by atoms with Crippen LogP contribution >= 0.6 is 11.3 Å². The van der Waals surface area contributed by atoms with E-state index in [0.717, 1.165) is 15.3 Å². The summed E-state index contributed by atoms with van der Waals surface area (Å²) in [6.45, 7) is 7.67.